The lowest BCUT2D eigenvalue weighted by atomic mass is 10.2. The van der Waals surface area contributed by atoms with Gasteiger partial charge in [-0.3, -0.25) is 0 Å². The first-order valence-corrected chi connectivity index (χ1v) is 9.73. The lowest BCUT2D eigenvalue weighted by Crippen LogP contribution is -2.40. The standard InChI is InChI=1S/C18H25N5OS.HI/c1-3-19-18(20-11-17-21-14(2)22-24-17)23-10-9-15(12-23)13-25-16-7-5-4-6-8-16;/h4-8,15H,3,9-13H2,1-2H3,(H,19,20);1H. The van der Waals surface area contributed by atoms with Crippen LogP contribution in [0.15, 0.2) is 44.7 Å². The Hall–Kier alpha value is -1.29. The molecular weight excluding hydrogens is 461 g/mol. The van der Waals surface area contributed by atoms with Crippen LogP contribution >= 0.6 is 35.7 Å². The molecule has 0 aliphatic carbocycles. The topological polar surface area (TPSA) is 66.5 Å². The summed E-state index contributed by atoms with van der Waals surface area (Å²) in [7, 11) is 0. The largest absolute Gasteiger partial charge is 0.357 e. The molecule has 2 heterocycles. The third-order valence-corrected chi connectivity index (χ3v) is 5.33. The molecule has 0 bridgehead atoms. The van der Waals surface area contributed by atoms with Crippen LogP contribution in [0, 0.1) is 12.8 Å². The van der Waals surface area contributed by atoms with E-state index in [1.54, 1.807) is 0 Å². The molecule has 1 aliphatic heterocycles. The summed E-state index contributed by atoms with van der Waals surface area (Å²) in [5.74, 6) is 3.96. The minimum Gasteiger partial charge on any atom is -0.357 e. The van der Waals surface area contributed by atoms with Crippen molar-refractivity contribution in [3.8, 4) is 0 Å². The average Bonchev–Trinajstić information content (AvgIpc) is 3.27. The summed E-state index contributed by atoms with van der Waals surface area (Å²) in [5, 5.41) is 7.19. The predicted octanol–water partition coefficient (Wildman–Crippen LogP) is 3.58. The molecule has 2 aromatic rings. The van der Waals surface area contributed by atoms with Gasteiger partial charge in [-0.1, -0.05) is 23.4 Å². The summed E-state index contributed by atoms with van der Waals surface area (Å²) in [6, 6.07) is 10.6. The van der Waals surface area contributed by atoms with Gasteiger partial charge in [-0.15, -0.1) is 35.7 Å². The number of likely N-dealkylation sites (tertiary alicyclic amines) is 1. The van der Waals surface area contributed by atoms with Crippen molar-refractivity contribution in [3.63, 3.8) is 0 Å². The Kier molecular flexibility index (Phi) is 8.70. The van der Waals surface area contributed by atoms with Crippen LogP contribution in [0.1, 0.15) is 25.1 Å². The highest BCUT2D eigenvalue weighted by atomic mass is 127. The number of nitrogens with one attached hydrogen (secondary N) is 1. The number of guanidine groups is 1. The molecule has 1 unspecified atom stereocenters. The van der Waals surface area contributed by atoms with Crippen molar-refractivity contribution in [2.24, 2.45) is 10.9 Å². The molecule has 1 fully saturated rings. The van der Waals surface area contributed by atoms with E-state index in [-0.39, 0.29) is 24.0 Å². The Morgan fingerprint density at radius 1 is 1.38 bits per heavy atom. The number of benzene rings is 1. The average molecular weight is 487 g/mol. The SMILES string of the molecule is CCNC(=NCc1nc(C)no1)N1CCC(CSc2ccccc2)C1.I. The highest BCUT2D eigenvalue weighted by Crippen LogP contribution is 2.25. The number of thioether (sulfide) groups is 1. The second kappa shape index (κ2) is 10.8. The van der Waals surface area contributed by atoms with Gasteiger partial charge in [-0.25, -0.2) is 4.99 Å². The number of hydrogen-bond acceptors (Lipinski definition) is 5. The molecule has 1 aromatic carbocycles. The predicted molar refractivity (Wildman–Crippen MR) is 116 cm³/mol. The van der Waals surface area contributed by atoms with E-state index in [4.69, 9.17) is 4.52 Å². The minimum atomic E-state index is 0. The van der Waals surface area contributed by atoms with Gasteiger partial charge in [0, 0.05) is 30.3 Å². The molecule has 3 rings (SSSR count). The van der Waals surface area contributed by atoms with Gasteiger partial charge < -0.3 is 14.7 Å². The quantitative estimate of drug-likeness (QED) is 0.291. The number of halogens is 1. The van der Waals surface area contributed by atoms with E-state index < -0.39 is 0 Å². The molecule has 0 amide bonds. The summed E-state index contributed by atoms with van der Waals surface area (Å²) in [4.78, 5) is 12.6. The Balaban J connectivity index is 0.00000243. The van der Waals surface area contributed by atoms with E-state index in [2.05, 4.69) is 62.6 Å². The van der Waals surface area contributed by atoms with E-state index in [9.17, 15) is 0 Å². The fourth-order valence-electron chi connectivity index (χ4n) is 2.86. The van der Waals surface area contributed by atoms with Crippen LogP contribution in [0.4, 0.5) is 0 Å². The summed E-state index contributed by atoms with van der Waals surface area (Å²) in [6.07, 6.45) is 1.20. The fourth-order valence-corrected chi connectivity index (χ4v) is 3.91. The molecule has 0 spiro atoms. The maximum atomic E-state index is 5.15. The van der Waals surface area contributed by atoms with Crippen LogP contribution in [-0.2, 0) is 6.54 Å². The van der Waals surface area contributed by atoms with E-state index in [0.717, 1.165) is 31.3 Å². The van der Waals surface area contributed by atoms with Gasteiger partial charge in [0.15, 0.2) is 11.8 Å². The molecule has 1 aliphatic rings. The van der Waals surface area contributed by atoms with Crippen molar-refractivity contribution in [2.75, 3.05) is 25.4 Å². The van der Waals surface area contributed by atoms with Gasteiger partial charge in [0.05, 0.1) is 0 Å². The lowest BCUT2D eigenvalue weighted by molar-refractivity contribution is 0.375. The van der Waals surface area contributed by atoms with E-state index >= 15 is 0 Å². The summed E-state index contributed by atoms with van der Waals surface area (Å²) in [6.45, 7) is 7.25. The van der Waals surface area contributed by atoms with Crippen LogP contribution in [0.3, 0.4) is 0 Å². The van der Waals surface area contributed by atoms with E-state index in [1.165, 1.54) is 11.3 Å². The molecule has 0 saturated carbocycles. The first-order valence-electron chi connectivity index (χ1n) is 8.75. The van der Waals surface area contributed by atoms with Crippen LogP contribution in [0.2, 0.25) is 0 Å². The maximum absolute atomic E-state index is 5.15. The molecule has 8 heteroatoms. The highest BCUT2D eigenvalue weighted by Gasteiger charge is 2.25. The molecule has 1 aromatic heterocycles. The molecule has 142 valence electrons. The van der Waals surface area contributed by atoms with Crippen LogP contribution < -0.4 is 5.32 Å². The number of nitrogens with zero attached hydrogens (tertiary/aromatic N) is 4. The van der Waals surface area contributed by atoms with Gasteiger partial charge in [-0.05, 0) is 38.3 Å². The smallest absolute Gasteiger partial charge is 0.248 e. The van der Waals surface area contributed by atoms with Crippen molar-refractivity contribution in [1.29, 1.82) is 0 Å². The van der Waals surface area contributed by atoms with E-state index in [0.29, 0.717) is 24.2 Å². The monoisotopic (exact) mass is 487 g/mol. The van der Waals surface area contributed by atoms with E-state index in [1.807, 2.05) is 18.7 Å². The van der Waals surface area contributed by atoms with Gasteiger partial charge in [0.2, 0.25) is 5.89 Å². The zero-order valence-electron chi connectivity index (χ0n) is 15.2. The maximum Gasteiger partial charge on any atom is 0.248 e. The first kappa shape index (κ1) is 21.0. The lowest BCUT2D eigenvalue weighted by Gasteiger charge is -2.21. The number of hydrogen-bond donors (Lipinski definition) is 1. The summed E-state index contributed by atoms with van der Waals surface area (Å²) < 4.78 is 5.15. The summed E-state index contributed by atoms with van der Waals surface area (Å²) in [5.41, 5.74) is 0. The highest BCUT2D eigenvalue weighted by molar-refractivity contribution is 14.0. The van der Waals surface area contributed by atoms with Crippen molar-refractivity contribution in [2.45, 2.75) is 31.7 Å². The van der Waals surface area contributed by atoms with Gasteiger partial charge in [0.1, 0.15) is 6.54 Å². The fraction of sp³-hybridized carbons (Fsp3) is 0.500. The first-order chi connectivity index (χ1) is 12.2. The van der Waals surface area contributed by atoms with Gasteiger partial charge in [0.25, 0.3) is 0 Å². The van der Waals surface area contributed by atoms with Crippen LogP contribution in [-0.4, -0.2) is 46.4 Å². The molecule has 1 saturated heterocycles. The van der Waals surface area contributed by atoms with Gasteiger partial charge in [-0.2, -0.15) is 4.98 Å². The molecular formula is C18H26IN5OS. The van der Waals surface area contributed by atoms with Crippen LogP contribution in [0.25, 0.3) is 0 Å². The Morgan fingerprint density at radius 3 is 2.88 bits per heavy atom. The second-order valence-corrected chi connectivity index (χ2v) is 7.22. The number of rotatable bonds is 6. The van der Waals surface area contributed by atoms with Crippen LogP contribution in [0.5, 0.6) is 0 Å². The molecule has 26 heavy (non-hydrogen) atoms. The zero-order chi connectivity index (χ0) is 17.5. The van der Waals surface area contributed by atoms with Crippen molar-refractivity contribution in [1.82, 2.24) is 20.4 Å². The Morgan fingerprint density at radius 2 is 2.19 bits per heavy atom. The van der Waals surface area contributed by atoms with Crippen molar-refractivity contribution in [3.05, 3.63) is 42.0 Å². The molecule has 1 N–H and O–H groups in total. The number of aromatic nitrogens is 2. The molecule has 0 radical (unpaired) electrons. The number of aryl methyl sites for hydroxylation is 1. The van der Waals surface area contributed by atoms with Gasteiger partial charge >= 0.3 is 0 Å². The zero-order valence-corrected chi connectivity index (χ0v) is 18.4. The number of aliphatic imine (C=N–C) groups is 1. The third-order valence-electron chi connectivity index (χ3n) is 4.08. The molecule has 1 atom stereocenters. The third kappa shape index (κ3) is 6.15. The Labute approximate surface area is 176 Å². The Bertz CT molecular complexity index is 694. The van der Waals surface area contributed by atoms with Crippen molar-refractivity contribution < 1.29 is 4.52 Å². The van der Waals surface area contributed by atoms with Crippen molar-refractivity contribution >= 4 is 41.7 Å². The second-order valence-electron chi connectivity index (χ2n) is 6.13. The molecule has 6 nitrogen and oxygen atoms in total. The minimum absolute atomic E-state index is 0. The summed E-state index contributed by atoms with van der Waals surface area (Å²) >= 11 is 1.94. The normalized spacial score (nSPS) is 17.2.